The Morgan fingerprint density at radius 2 is 1.82 bits per heavy atom. The van der Waals surface area contributed by atoms with Crippen molar-refractivity contribution < 1.29 is 22.1 Å². The van der Waals surface area contributed by atoms with E-state index in [0.717, 1.165) is 12.7 Å². The molecular weight excluding hydrogens is 253 g/mol. The maximum atomic E-state index is 12.3. The minimum atomic E-state index is -4.63. The van der Waals surface area contributed by atoms with Crippen molar-refractivity contribution in [1.29, 1.82) is 0 Å². The quantitative estimate of drug-likeness (QED) is 0.784. The van der Waals surface area contributed by atoms with Crippen molar-refractivity contribution >= 4 is 10.8 Å². The lowest BCUT2D eigenvalue weighted by molar-refractivity contribution is -0.125. The monoisotopic (exact) mass is 264 g/mol. The van der Waals surface area contributed by atoms with Gasteiger partial charge in [-0.25, -0.2) is 4.21 Å². The van der Waals surface area contributed by atoms with Crippen molar-refractivity contribution in [2.45, 2.75) is 18.0 Å². The number of halogens is 3. The summed E-state index contributed by atoms with van der Waals surface area (Å²) in [6.07, 6.45) is -4.63. The molecule has 0 aliphatic heterocycles. The van der Waals surface area contributed by atoms with Gasteiger partial charge in [0.2, 0.25) is 5.76 Å². The predicted octanol–water partition coefficient (Wildman–Crippen LogP) is 3.15. The highest BCUT2D eigenvalue weighted by Crippen LogP contribution is 2.27. The Labute approximate surface area is 99.6 Å². The molecule has 0 unspecified atom stereocenters. The lowest BCUT2D eigenvalue weighted by Gasteiger charge is -2.09. The van der Waals surface area contributed by atoms with Gasteiger partial charge in [0.1, 0.15) is 0 Å². The van der Waals surface area contributed by atoms with Gasteiger partial charge in [-0.1, -0.05) is 17.7 Å². The number of ether oxygens (including phenoxy) is 1. The van der Waals surface area contributed by atoms with E-state index in [1.54, 1.807) is 12.1 Å². The van der Waals surface area contributed by atoms with E-state index in [4.69, 9.17) is 0 Å². The van der Waals surface area contributed by atoms with Crippen LogP contribution in [0.3, 0.4) is 0 Å². The molecule has 0 heterocycles. The third-order valence-electron chi connectivity index (χ3n) is 1.97. The molecule has 0 aromatic heterocycles. The Bertz CT molecular complexity index is 435. The highest BCUT2D eigenvalue weighted by atomic mass is 32.2. The molecule has 0 N–H and O–H groups in total. The summed E-state index contributed by atoms with van der Waals surface area (Å²) in [5, 5.41) is 0.560. The number of allylic oxidation sites excluding steroid dienone is 1. The van der Waals surface area contributed by atoms with E-state index in [2.05, 4.69) is 4.74 Å². The number of methoxy groups -OCH3 is 1. The van der Waals surface area contributed by atoms with Crippen LogP contribution in [0.4, 0.5) is 13.2 Å². The van der Waals surface area contributed by atoms with Gasteiger partial charge in [-0.15, -0.1) is 0 Å². The summed E-state index contributed by atoms with van der Waals surface area (Å²) in [5.41, 5.74) is 0.942. The smallest absolute Gasteiger partial charge is 0.449 e. The van der Waals surface area contributed by atoms with E-state index in [1.165, 1.54) is 12.1 Å². The van der Waals surface area contributed by atoms with Crippen LogP contribution in [-0.4, -0.2) is 17.5 Å². The van der Waals surface area contributed by atoms with Crippen LogP contribution in [0, 0.1) is 6.92 Å². The number of benzene rings is 1. The van der Waals surface area contributed by atoms with Crippen molar-refractivity contribution in [3.8, 4) is 0 Å². The standard InChI is InChI=1S/C11H11F3O2S/c1-8-3-5-9(6-4-8)17(15)7-10(16-2)11(12,13)14/h3-7H,1-2H3/b10-7-/t17-/m1/s1. The molecule has 0 aliphatic carbocycles. The zero-order valence-electron chi connectivity index (χ0n) is 9.25. The molecule has 1 aromatic carbocycles. The van der Waals surface area contributed by atoms with Gasteiger partial charge in [-0.3, -0.25) is 0 Å². The number of aryl methyl sites for hydroxylation is 1. The first kappa shape index (κ1) is 13.8. The molecule has 1 atom stereocenters. The molecule has 0 radical (unpaired) electrons. The van der Waals surface area contributed by atoms with Gasteiger partial charge < -0.3 is 4.74 Å². The van der Waals surface area contributed by atoms with E-state index < -0.39 is 22.7 Å². The second kappa shape index (κ2) is 5.35. The van der Waals surface area contributed by atoms with Crippen LogP contribution >= 0.6 is 0 Å². The SMILES string of the molecule is CO/C(=C\[S@@](=O)c1ccc(C)cc1)C(F)(F)F. The summed E-state index contributed by atoms with van der Waals surface area (Å²) in [4.78, 5) is 0.300. The molecule has 0 bridgehead atoms. The van der Waals surface area contributed by atoms with E-state index in [9.17, 15) is 17.4 Å². The molecular formula is C11H11F3O2S. The summed E-state index contributed by atoms with van der Waals surface area (Å²) in [6, 6.07) is 6.40. The van der Waals surface area contributed by atoms with Gasteiger partial charge in [0.25, 0.3) is 0 Å². The topological polar surface area (TPSA) is 26.3 Å². The Kier molecular flexibility index (Phi) is 4.34. The fourth-order valence-electron chi connectivity index (χ4n) is 1.07. The van der Waals surface area contributed by atoms with Crippen molar-refractivity contribution in [2.75, 3.05) is 7.11 Å². The number of alkyl halides is 3. The van der Waals surface area contributed by atoms with Gasteiger partial charge in [-0.2, -0.15) is 13.2 Å². The number of hydrogen-bond acceptors (Lipinski definition) is 2. The van der Waals surface area contributed by atoms with E-state index >= 15 is 0 Å². The first-order chi connectivity index (χ1) is 7.84. The number of hydrogen-bond donors (Lipinski definition) is 0. The van der Waals surface area contributed by atoms with Gasteiger partial charge >= 0.3 is 6.18 Å². The molecule has 6 heteroatoms. The normalized spacial score (nSPS) is 14.5. The fraction of sp³-hybridized carbons (Fsp3) is 0.273. The lowest BCUT2D eigenvalue weighted by Crippen LogP contribution is -2.14. The third kappa shape index (κ3) is 3.89. The van der Waals surface area contributed by atoms with Crippen molar-refractivity contribution in [3.63, 3.8) is 0 Å². The maximum absolute atomic E-state index is 12.3. The highest BCUT2D eigenvalue weighted by molar-refractivity contribution is 7.88. The summed E-state index contributed by atoms with van der Waals surface area (Å²) < 4.78 is 52.8. The average Bonchev–Trinajstić information content (AvgIpc) is 2.24. The second-order valence-corrected chi connectivity index (χ2v) is 4.60. The van der Waals surface area contributed by atoms with Gasteiger partial charge in [0, 0.05) is 4.90 Å². The first-order valence-electron chi connectivity index (χ1n) is 4.65. The van der Waals surface area contributed by atoms with Crippen LogP contribution in [0.15, 0.2) is 40.3 Å². The summed E-state index contributed by atoms with van der Waals surface area (Å²) in [5.74, 6) is -1.25. The van der Waals surface area contributed by atoms with Crippen molar-refractivity contribution in [2.24, 2.45) is 0 Å². The molecule has 0 amide bonds. The van der Waals surface area contributed by atoms with Gasteiger partial charge in [0.15, 0.2) is 0 Å². The predicted molar refractivity (Wildman–Crippen MR) is 58.7 cm³/mol. The van der Waals surface area contributed by atoms with E-state index in [1.807, 2.05) is 6.92 Å². The molecule has 0 saturated heterocycles. The fourth-order valence-corrected chi connectivity index (χ4v) is 2.03. The maximum Gasteiger partial charge on any atom is 0.449 e. The van der Waals surface area contributed by atoms with Crippen LogP contribution in [-0.2, 0) is 15.5 Å². The van der Waals surface area contributed by atoms with Crippen LogP contribution in [0.5, 0.6) is 0 Å². The molecule has 0 aliphatic rings. The Morgan fingerprint density at radius 3 is 2.24 bits per heavy atom. The molecule has 0 saturated carbocycles. The van der Waals surface area contributed by atoms with Gasteiger partial charge in [-0.05, 0) is 19.1 Å². The average molecular weight is 264 g/mol. The molecule has 94 valence electrons. The minimum absolute atomic E-state index is 0.300. The zero-order valence-corrected chi connectivity index (χ0v) is 10.1. The van der Waals surface area contributed by atoms with Crippen LogP contribution in [0.25, 0.3) is 0 Å². The van der Waals surface area contributed by atoms with Crippen LogP contribution in [0.2, 0.25) is 0 Å². The lowest BCUT2D eigenvalue weighted by atomic mass is 10.2. The zero-order chi connectivity index (χ0) is 13.1. The number of rotatable bonds is 3. The summed E-state index contributed by atoms with van der Waals surface area (Å²) in [7, 11) is -0.981. The van der Waals surface area contributed by atoms with Crippen LogP contribution < -0.4 is 0 Å². The molecule has 1 rings (SSSR count). The molecule has 17 heavy (non-hydrogen) atoms. The van der Waals surface area contributed by atoms with Crippen molar-refractivity contribution in [1.82, 2.24) is 0 Å². The van der Waals surface area contributed by atoms with Crippen molar-refractivity contribution in [3.05, 3.63) is 41.0 Å². The Hall–Kier alpha value is -1.30. The molecule has 2 nitrogen and oxygen atoms in total. The molecule has 0 fully saturated rings. The third-order valence-corrected chi connectivity index (χ3v) is 3.13. The molecule has 0 spiro atoms. The highest BCUT2D eigenvalue weighted by Gasteiger charge is 2.35. The summed E-state index contributed by atoms with van der Waals surface area (Å²) in [6.45, 7) is 1.83. The van der Waals surface area contributed by atoms with Gasteiger partial charge in [0.05, 0.1) is 23.3 Å². The largest absolute Gasteiger partial charge is 0.492 e. The first-order valence-corrected chi connectivity index (χ1v) is 5.86. The minimum Gasteiger partial charge on any atom is -0.492 e. The Balaban J connectivity index is 2.98. The second-order valence-electron chi connectivity index (χ2n) is 3.29. The Morgan fingerprint density at radius 1 is 1.29 bits per heavy atom. The summed E-state index contributed by atoms with van der Waals surface area (Å²) >= 11 is 0. The van der Waals surface area contributed by atoms with E-state index in [-0.39, 0.29) is 0 Å². The van der Waals surface area contributed by atoms with E-state index in [0.29, 0.717) is 10.3 Å². The van der Waals surface area contributed by atoms with Crippen LogP contribution in [0.1, 0.15) is 5.56 Å². The molecule has 1 aromatic rings.